The number of ether oxygens (including phenoxy) is 1. The van der Waals surface area contributed by atoms with E-state index in [-0.39, 0.29) is 6.04 Å². The van der Waals surface area contributed by atoms with Crippen LogP contribution in [0.1, 0.15) is 33.3 Å². The van der Waals surface area contributed by atoms with Crippen LogP contribution in [0, 0.1) is 11.6 Å². The number of benzene rings is 1. The van der Waals surface area contributed by atoms with Gasteiger partial charge in [-0.25, -0.2) is 8.78 Å². The van der Waals surface area contributed by atoms with Crippen LogP contribution in [0.4, 0.5) is 8.78 Å². The minimum atomic E-state index is -0.542. The van der Waals surface area contributed by atoms with E-state index in [0.29, 0.717) is 18.6 Å². The summed E-state index contributed by atoms with van der Waals surface area (Å²) in [6.45, 7) is 9.29. The van der Waals surface area contributed by atoms with Gasteiger partial charge in [0.15, 0.2) is 0 Å². The Balaban J connectivity index is 2.88. The lowest BCUT2D eigenvalue weighted by Gasteiger charge is -2.35. The summed E-state index contributed by atoms with van der Waals surface area (Å²) >= 11 is 0. The van der Waals surface area contributed by atoms with Gasteiger partial charge >= 0.3 is 0 Å². The van der Waals surface area contributed by atoms with Gasteiger partial charge in [-0.05, 0) is 51.4 Å². The van der Waals surface area contributed by atoms with Crippen molar-refractivity contribution in [2.24, 2.45) is 0 Å². The van der Waals surface area contributed by atoms with Crippen LogP contribution in [0.15, 0.2) is 18.2 Å². The van der Waals surface area contributed by atoms with Crippen molar-refractivity contribution in [1.82, 2.24) is 5.32 Å². The Morgan fingerprint density at radius 2 is 1.74 bits per heavy atom. The van der Waals surface area contributed by atoms with Gasteiger partial charge in [0.05, 0.1) is 5.60 Å². The minimum Gasteiger partial charge on any atom is -0.374 e. The van der Waals surface area contributed by atoms with Crippen LogP contribution in [-0.2, 0) is 11.2 Å². The van der Waals surface area contributed by atoms with E-state index in [9.17, 15) is 8.78 Å². The molecule has 1 unspecified atom stereocenters. The Morgan fingerprint density at radius 3 is 2.21 bits per heavy atom. The zero-order valence-corrected chi connectivity index (χ0v) is 12.1. The molecule has 19 heavy (non-hydrogen) atoms. The molecule has 0 aromatic heterocycles. The van der Waals surface area contributed by atoms with Gasteiger partial charge in [0.2, 0.25) is 0 Å². The van der Waals surface area contributed by atoms with Gasteiger partial charge in [0.25, 0.3) is 0 Å². The summed E-state index contributed by atoms with van der Waals surface area (Å²) in [5.41, 5.74) is 0.240. The van der Waals surface area contributed by atoms with Crippen LogP contribution in [0.25, 0.3) is 0 Å². The van der Waals surface area contributed by atoms with Gasteiger partial charge < -0.3 is 10.1 Å². The molecule has 2 nitrogen and oxygen atoms in total. The Morgan fingerprint density at radius 1 is 1.16 bits per heavy atom. The van der Waals surface area contributed by atoms with Gasteiger partial charge in [-0.3, -0.25) is 0 Å². The number of likely N-dealkylation sites (N-methyl/N-ethyl adjacent to an activating group) is 1. The van der Waals surface area contributed by atoms with Crippen LogP contribution < -0.4 is 5.32 Å². The molecule has 0 spiro atoms. The van der Waals surface area contributed by atoms with E-state index >= 15 is 0 Å². The van der Waals surface area contributed by atoms with Crippen LogP contribution >= 0.6 is 0 Å². The maximum atomic E-state index is 13.2. The molecule has 4 heteroatoms. The van der Waals surface area contributed by atoms with Crippen molar-refractivity contribution < 1.29 is 13.5 Å². The van der Waals surface area contributed by atoms with Crippen LogP contribution in [0.2, 0.25) is 0 Å². The largest absolute Gasteiger partial charge is 0.374 e. The molecule has 0 saturated carbocycles. The van der Waals surface area contributed by atoms with Crippen molar-refractivity contribution in [2.75, 3.05) is 13.2 Å². The standard InChI is InChI=1S/C15H23F2NO/c1-5-18-14(15(3,4)19-6-2)9-11-7-12(16)10-13(17)8-11/h7-8,10,14,18H,5-6,9H2,1-4H3. The number of rotatable bonds is 7. The fraction of sp³-hybridized carbons (Fsp3) is 0.600. The maximum absolute atomic E-state index is 13.2. The zero-order chi connectivity index (χ0) is 14.5. The molecule has 108 valence electrons. The van der Waals surface area contributed by atoms with E-state index in [4.69, 9.17) is 4.74 Å². The molecule has 1 N–H and O–H groups in total. The third-order valence-electron chi connectivity index (χ3n) is 3.17. The van der Waals surface area contributed by atoms with Crippen molar-refractivity contribution in [3.8, 4) is 0 Å². The second-order valence-electron chi connectivity index (χ2n) is 5.13. The summed E-state index contributed by atoms with van der Waals surface area (Å²) < 4.78 is 32.2. The molecule has 0 aliphatic rings. The first-order valence-electron chi connectivity index (χ1n) is 6.71. The highest BCUT2D eigenvalue weighted by Gasteiger charge is 2.29. The van der Waals surface area contributed by atoms with E-state index in [1.807, 2.05) is 27.7 Å². The predicted molar refractivity (Wildman–Crippen MR) is 73.2 cm³/mol. The lowest BCUT2D eigenvalue weighted by atomic mass is 9.92. The average molecular weight is 271 g/mol. The highest BCUT2D eigenvalue weighted by molar-refractivity contribution is 5.19. The van der Waals surface area contributed by atoms with Crippen LogP contribution in [0.3, 0.4) is 0 Å². The molecule has 0 fully saturated rings. The summed E-state index contributed by atoms with van der Waals surface area (Å²) in [5, 5.41) is 3.33. The highest BCUT2D eigenvalue weighted by Crippen LogP contribution is 2.20. The lowest BCUT2D eigenvalue weighted by molar-refractivity contribution is -0.0377. The van der Waals surface area contributed by atoms with E-state index in [0.717, 1.165) is 12.6 Å². The third kappa shape index (κ3) is 4.88. The van der Waals surface area contributed by atoms with Gasteiger partial charge in [-0.2, -0.15) is 0 Å². The van der Waals surface area contributed by atoms with Crippen molar-refractivity contribution in [3.63, 3.8) is 0 Å². The monoisotopic (exact) mass is 271 g/mol. The van der Waals surface area contributed by atoms with Gasteiger partial charge in [-0.1, -0.05) is 6.92 Å². The molecule has 0 aliphatic heterocycles. The average Bonchev–Trinajstić information content (AvgIpc) is 2.27. The molecule has 0 saturated heterocycles. The molecule has 0 bridgehead atoms. The molecule has 1 aromatic carbocycles. The summed E-state index contributed by atoms with van der Waals surface area (Å²) in [7, 11) is 0. The topological polar surface area (TPSA) is 21.3 Å². The van der Waals surface area contributed by atoms with Crippen LogP contribution in [-0.4, -0.2) is 24.8 Å². The van der Waals surface area contributed by atoms with Gasteiger partial charge in [-0.15, -0.1) is 0 Å². The SMILES string of the molecule is CCNC(Cc1cc(F)cc(F)c1)C(C)(C)OCC. The molecule has 1 aromatic rings. The fourth-order valence-electron chi connectivity index (χ4n) is 2.25. The number of hydrogen-bond donors (Lipinski definition) is 1. The summed E-state index contributed by atoms with van der Waals surface area (Å²) in [6, 6.07) is 3.63. The fourth-order valence-corrected chi connectivity index (χ4v) is 2.25. The Bertz CT molecular complexity index is 387. The Labute approximate surface area is 114 Å². The first-order valence-corrected chi connectivity index (χ1v) is 6.71. The normalized spacial score (nSPS) is 13.6. The molecule has 1 atom stereocenters. The Kier molecular flexibility index (Phi) is 5.88. The highest BCUT2D eigenvalue weighted by atomic mass is 19.1. The van der Waals surface area contributed by atoms with Gasteiger partial charge in [0, 0.05) is 18.7 Å². The third-order valence-corrected chi connectivity index (χ3v) is 3.17. The van der Waals surface area contributed by atoms with Crippen molar-refractivity contribution in [2.45, 2.75) is 45.8 Å². The second-order valence-corrected chi connectivity index (χ2v) is 5.13. The van der Waals surface area contributed by atoms with Crippen molar-refractivity contribution in [3.05, 3.63) is 35.4 Å². The molecule has 0 heterocycles. The summed E-state index contributed by atoms with van der Waals surface area (Å²) in [5.74, 6) is -1.08. The second kappa shape index (κ2) is 6.96. The van der Waals surface area contributed by atoms with E-state index in [1.54, 1.807) is 0 Å². The quantitative estimate of drug-likeness (QED) is 0.821. The van der Waals surface area contributed by atoms with Crippen molar-refractivity contribution >= 4 is 0 Å². The minimum absolute atomic E-state index is 0.00125. The first kappa shape index (κ1) is 16.1. The van der Waals surface area contributed by atoms with E-state index in [1.165, 1.54) is 12.1 Å². The van der Waals surface area contributed by atoms with Crippen LogP contribution in [0.5, 0.6) is 0 Å². The molecule has 0 radical (unpaired) electrons. The summed E-state index contributed by atoms with van der Waals surface area (Å²) in [4.78, 5) is 0. The number of halogens is 2. The Hall–Kier alpha value is -1.00. The molecule has 0 amide bonds. The molecule has 0 aliphatic carbocycles. The molecular formula is C15H23F2NO. The number of hydrogen-bond acceptors (Lipinski definition) is 2. The van der Waals surface area contributed by atoms with Gasteiger partial charge in [0.1, 0.15) is 11.6 Å². The lowest BCUT2D eigenvalue weighted by Crippen LogP contribution is -2.50. The predicted octanol–water partition coefficient (Wildman–Crippen LogP) is 3.30. The maximum Gasteiger partial charge on any atom is 0.126 e. The summed E-state index contributed by atoms with van der Waals surface area (Å²) in [6.07, 6.45) is 0.523. The first-order chi connectivity index (χ1) is 8.89. The van der Waals surface area contributed by atoms with Crippen molar-refractivity contribution in [1.29, 1.82) is 0 Å². The molecule has 1 rings (SSSR count). The van der Waals surface area contributed by atoms with E-state index < -0.39 is 17.2 Å². The zero-order valence-electron chi connectivity index (χ0n) is 12.1. The smallest absolute Gasteiger partial charge is 0.126 e. The number of nitrogens with one attached hydrogen (secondary N) is 1. The van der Waals surface area contributed by atoms with E-state index in [2.05, 4.69) is 5.32 Å². The molecular weight excluding hydrogens is 248 g/mol.